The summed E-state index contributed by atoms with van der Waals surface area (Å²) in [4.78, 5) is 29.4. The van der Waals surface area contributed by atoms with Gasteiger partial charge in [0, 0.05) is 12.1 Å². The number of amides is 2. The van der Waals surface area contributed by atoms with E-state index >= 15 is 0 Å². The maximum atomic E-state index is 14.3. The molecule has 4 aromatic carbocycles. The molecule has 0 bridgehead atoms. The summed E-state index contributed by atoms with van der Waals surface area (Å²) in [5, 5.41) is 2.99. The zero-order chi connectivity index (χ0) is 33.5. The van der Waals surface area contributed by atoms with Crippen LogP contribution in [0.25, 0.3) is 0 Å². The van der Waals surface area contributed by atoms with Gasteiger partial charge in [0.05, 0.1) is 10.6 Å². The van der Waals surface area contributed by atoms with Crippen molar-refractivity contribution < 1.29 is 22.7 Å². The van der Waals surface area contributed by atoms with E-state index in [2.05, 4.69) is 5.32 Å². The quantitative estimate of drug-likeness (QED) is 0.180. The van der Waals surface area contributed by atoms with E-state index in [0.717, 1.165) is 21.0 Å². The lowest BCUT2D eigenvalue weighted by molar-refractivity contribution is -0.141. The maximum absolute atomic E-state index is 14.3. The standard InChI is InChI=1S/C37H43N3O5S/c1-7-34(36(42)38-37(4,5)6)39(25-29-17-13-27(2)14-18-29)35(41)26-40(46(43,44)33-23-15-28(3)16-24-33)30-19-21-32(22-20-30)45-31-11-9-8-10-12-31/h8-24,34H,7,25-26H2,1-6H3,(H,38,42)/t34-/m1/s1. The highest BCUT2D eigenvalue weighted by molar-refractivity contribution is 7.92. The summed E-state index contributed by atoms with van der Waals surface area (Å²) in [5.74, 6) is 0.350. The minimum atomic E-state index is -4.19. The van der Waals surface area contributed by atoms with Crippen molar-refractivity contribution in [1.29, 1.82) is 0 Å². The number of benzene rings is 4. The lowest BCUT2D eigenvalue weighted by Gasteiger charge is -2.34. The van der Waals surface area contributed by atoms with Crippen molar-refractivity contribution in [2.45, 2.75) is 71.0 Å². The predicted molar refractivity (Wildman–Crippen MR) is 182 cm³/mol. The van der Waals surface area contributed by atoms with Crippen LogP contribution >= 0.6 is 0 Å². The van der Waals surface area contributed by atoms with Crippen molar-refractivity contribution in [2.75, 3.05) is 10.8 Å². The van der Waals surface area contributed by atoms with Crippen LogP contribution in [0.5, 0.6) is 11.5 Å². The Morgan fingerprint density at radius 1 is 0.783 bits per heavy atom. The monoisotopic (exact) mass is 641 g/mol. The van der Waals surface area contributed by atoms with Crippen LogP contribution in [0.1, 0.15) is 50.8 Å². The smallest absolute Gasteiger partial charge is 0.264 e. The molecule has 0 fully saturated rings. The first-order valence-corrected chi connectivity index (χ1v) is 16.8. The van der Waals surface area contributed by atoms with Gasteiger partial charge in [-0.3, -0.25) is 13.9 Å². The Kier molecular flexibility index (Phi) is 10.9. The van der Waals surface area contributed by atoms with Crippen molar-refractivity contribution >= 4 is 27.5 Å². The molecule has 1 N–H and O–H groups in total. The number of carbonyl (C=O) groups is 2. The van der Waals surface area contributed by atoms with E-state index < -0.39 is 34.1 Å². The number of hydrogen-bond acceptors (Lipinski definition) is 5. The molecule has 0 aliphatic carbocycles. The zero-order valence-electron chi connectivity index (χ0n) is 27.4. The molecule has 0 heterocycles. The normalized spacial score (nSPS) is 12.2. The SMILES string of the molecule is CC[C@H](C(=O)NC(C)(C)C)N(Cc1ccc(C)cc1)C(=O)CN(c1ccc(Oc2ccccc2)cc1)S(=O)(=O)c1ccc(C)cc1. The molecule has 46 heavy (non-hydrogen) atoms. The third-order valence-electron chi connectivity index (χ3n) is 7.35. The molecule has 4 aromatic rings. The molecule has 0 saturated heterocycles. The first-order chi connectivity index (χ1) is 21.8. The molecule has 2 amide bonds. The van der Waals surface area contributed by atoms with E-state index in [1.807, 2.05) is 96.1 Å². The minimum Gasteiger partial charge on any atom is -0.457 e. The molecule has 9 heteroatoms. The van der Waals surface area contributed by atoms with E-state index in [1.165, 1.54) is 17.0 Å². The van der Waals surface area contributed by atoms with Crippen LogP contribution in [0, 0.1) is 13.8 Å². The average Bonchev–Trinajstić information content (AvgIpc) is 3.01. The van der Waals surface area contributed by atoms with E-state index in [0.29, 0.717) is 17.9 Å². The van der Waals surface area contributed by atoms with Gasteiger partial charge < -0.3 is 15.0 Å². The molecular formula is C37H43N3O5S. The fourth-order valence-electron chi connectivity index (χ4n) is 4.93. The number of sulfonamides is 1. The van der Waals surface area contributed by atoms with Gasteiger partial charge in [0.2, 0.25) is 11.8 Å². The first-order valence-electron chi connectivity index (χ1n) is 15.4. The van der Waals surface area contributed by atoms with E-state index in [-0.39, 0.29) is 23.0 Å². The van der Waals surface area contributed by atoms with Gasteiger partial charge in [-0.2, -0.15) is 0 Å². The second-order valence-corrected chi connectivity index (χ2v) is 14.3. The number of carbonyl (C=O) groups excluding carboxylic acids is 2. The molecule has 0 aliphatic rings. The second-order valence-electron chi connectivity index (χ2n) is 12.4. The van der Waals surface area contributed by atoms with Gasteiger partial charge in [0.15, 0.2) is 0 Å². The number of nitrogens with zero attached hydrogens (tertiary/aromatic N) is 2. The predicted octanol–water partition coefficient (Wildman–Crippen LogP) is 7.01. The number of anilines is 1. The van der Waals surface area contributed by atoms with Crippen LogP contribution in [-0.4, -0.2) is 43.3 Å². The lowest BCUT2D eigenvalue weighted by atomic mass is 10.1. The Morgan fingerprint density at radius 3 is 1.87 bits per heavy atom. The largest absolute Gasteiger partial charge is 0.457 e. The minimum absolute atomic E-state index is 0.0538. The summed E-state index contributed by atoms with van der Waals surface area (Å²) in [6.45, 7) is 11.0. The number of aryl methyl sites for hydroxylation is 2. The first kappa shape index (κ1) is 34.2. The number of nitrogens with one attached hydrogen (secondary N) is 1. The summed E-state index contributed by atoms with van der Waals surface area (Å²) >= 11 is 0. The summed E-state index contributed by atoms with van der Waals surface area (Å²) in [7, 11) is -4.19. The molecule has 242 valence electrons. The number of para-hydroxylation sites is 1. The summed E-state index contributed by atoms with van der Waals surface area (Å²) in [5.41, 5.74) is 2.57. The van der Waals surface area contributed by atoms with Crippen LogP contribution in [0.3, 0.4) is 0 Å². The van der Waals surface area contributed by atoms with Crippen LogP contribution in [0.15, 0.2) is 108 Å². The fourth-order valence-corrected chi connectivity index (χ4v) is 6.35. The third kappa shape index (κ3) is 8.97. The Balaban J connectivity index is 1.73. The van der Waals surface area contributed by atoms with Crippen LogP contribution in [-0.2, 0) is 26.2 Å². The van der Waals surface area contributed by atoms with Gasteiger partial charge >= 0.3 is 0 Å². The molecule has 0 aliphatic heterocycles. The Morgan fingerprint density at radius 2 is 1.33 bits per heavy atom. The van der Waals surface area contributed by atoms with Crippen molar-refractivity contribution in [3.8, 4) is 11.5 Å². The van der Waals surface area contributed by atoms with E-state index in [4.69, 9.17) is 4.74 Å². The summed E-state index contributed by atoms with van der Waals surface area (Å²) < 4.78 is 35.4. The molecule has 0 saturated carbocycles. The molecule has 0 radical (unpaired) electrons. The lowest BCUT2D eigenvalue weighted by Crippen LogP contribution is -2.55. The highest BCUT2D eigenvalue weighted by Gasteiger charge is 2.34. The zero-order valence-corrected chi connectivity index (χ0v) is 28.2. The van der Waals surface area contributed by atoms with Crippen LogP contribution in [0.2, 0.25) is 0 Å². The van der Waals surface area contributed by atoms with Crippen molar-refractivity contribution in [2.24, 2.45) is 0 Å². The molecule has 8 nitrogen and oxygen atoms in total. The summed E-state index contributed by atoms with van der Waals surface area (Å²) in [6.07, 6.45) is 0.343. The van der Waals surface area contributed by atoms with Gasteiger partial charge in [0.1, 0.15) is 24.1 Å². The number of rotatable bonds is 12. The van der Waals surface area contributed by atoms with Crippen LogP contribution in [0.4, 0.5) is 5.69 Å². The molecule has 4 rings (SSSR count). The molecule has 0 aromatic heterocycles. The van der Waals surface area contributed by atoms with Crippen molar-refractivity contribution in [3.63, 3.8) is 0 Å². The van der Waals surface area contributed by atoms with E-state index in [1.54, 1.807) is 36.4 Å². The summed E-state index contributed by atoms with van der Waals surface area (Å²) in [6, 6.07) is 29.2. The second kappa shape index (κ2) is 14.6. The van der Waals surface area contributed by atoms with Crippen molar-refractivity contribution in [1.82, 2.24) is 10.2 Å². The van der Waals surface area contributed by atoms with Gasteiger partial charge in [0.25, 0.3) is 10.0 Å². The van der Waals surface area contributed by atoms with Crippen LogP contribution < -0.4 is 14.4 Å². The highest BCUT2D eigenvalue weighted by atomic mass is 32.2. The Bertz CT molecular complexity index is 1720. The highest BCUT2D eigenvalue weighted by Crippen LogP contribution is 2.29. The fraction of sp³-hybridized carbons (Fsp3) is 0.297. The van der Waals surface area contributed by atoms with Crippen molar-refractivity contribution in [3.05, 3.63) is 120 Å². The Hall–Kier alpha value is -4.63. The maximum Gasteiger partial charge on any atom is 0.264 e. The topological polar surface area (TPSA) is 96.0 Å². The van der Waals surface area contributed by atoms with Gasteiger partial charge in [-0.05, 0) is 95.1 Å². The van der Waals surface area contributed by atoms with E-state index in [9.17, 15) is 18.0 Å². The number of ether oxygens (including phenoxy) is 1. The molecule has 1 atom stereocenters. The average molecular weight is 642 g/mol. The van der Waals surface area contributed by atoms with Gasteiger partial charge in [-0.25, -0.2) is 8.42 Å². The number of hydrogen-bond donors (Lipinski definition) is 1. The molecular weight excluding hydrogens is 598 g/mol. The molecule has 0 spiro atoms. The Labute approximate surface area is 273 Å². The third-order valence-corrected chi connectivity index (χ3v) is 9.14. The molecule has 0 unspecified atom stereocenters. The van der Waals surface area contributed by atoms with Gasteiger partial charge in [-0.1, -0.05) is 72.6 Å². The van der Waals surface area contributed by atoms with Gasteiger partial charge in [-0.15, -0.1) is 0 Å².